The lowest BCUT2D eigenvalue weighted by Crippen LogP contribution is -1.97. The molecule has 1 atom stereocenters. The van der Waals surface area contributed by atoms with Crippen molar-refractivity contribution in [3.8, 4) is 0 Å². The molecule has 0 aliphatic carbocycles. The first kappa shape index (κ1) is 22.7. The average Bonchev–Trinajstić information content (AvgIpc) is 2.53. The Morgan fingerprint density at radius 1 is 0.783 bits per heavy atom. The highest BCUT2D eigenvalue weighted by Crippen LogP contribution is 2.12. The molecule has 0 amide bonds. The van der Waals surface area contributed by atoms with Gasteiger partial charge >= 0.3 is 0 Å². The van der Waals surface area contributed by atoms with Crippen molar-refractivity contribution in [2.45, 2.75) is 103 Å². The van der Waals surface area contributed by atoms with Gasteiger partial charge in [-0.15, -0.1) is 0 Å². The zero-order valence-corrected chi connectivity index (χ0v) is 15.6. The van der Waals surface area contributed by atoms with E-state index in [-0.39, 0.29) is 0 Å². The Morgan fingerprint density at radius 3 is 1.65 bits per heavy atom. The first-order valence-corrected chi connectivity index (χ1v) is 10.0. The lowest BCUT2D eigenvalue weighted by Gasteiger charge is -2.04. The zero-order chi connectivity index (χ0) is 17.0. The first-order valence-electron chi connectivity index (χ1n) is 10.0. The van der Waals surface area contributed by atoms with E-state index in [9.17, 15) is 0 Å². The van der Waals surface area contributed by atoms with Gasteiger partial charge in [-0.3, -0.25) is 0 Å². The molecule has 0 spiro atoms. The number of aliphatic hydroxyl groups is 1. The normalized spacial score (nSPS) is 13.0. The summed E-state index contributed by atoms with van der Waals surface area (Å²) in [4.78, 5) is 0. The Bertz CT molecular complexity index is 236. The summed E-state index contributed by atoms with van der Waals surface area (Å²) >= 11 is 0. The Hall–Kier alpha value is -0.340. The second kappa shape index (κ2) is 19.7. The summed E-state index contributed by atoms with van der Waals surface area (Å²) in [6.07, 6.45) is 22.3. The monoisotopic (exact) mass is 325 g/mol. The predicted octanol–water partition coefficient (Wildman–Crippen LogP) is 6.24. The van der Waals surface area contributed by atoms with Crippen LogP contribution >= 0.6 is 0 Å². The quantitative estimate of drug-likeness (QED) is 0.239. The largest absolute Gasteiger partial charge is 0.389 e. The summed E-state index contributed by atoms with van der Waals surface area (Å²) in [5, 5.41) is 8.93. The maximum absolute atomic E-state index is 8.93. The summed E-state index contributed by atoms with van der Waals surface area (Å²) in [5.41, 5.74) is 0. The van der Waals surface area contributed by atoms with Crippen LogP contribution in [0.2, 0.25) is 0 Å². The predicted molar refractivity (Wildman–Crippen MR) is 102 cm³/mol. The number of hydrogen-bond donors (Lipinski definition) is 1. The lowest BCUT2D eigenvalue weighted by atomic mass is 10.0. The molecule has 0 aromatic rings. The molecule has 137 valence electrons. The zero-order valence-electron chi connectivity index (χ0n) is 15.6. The third-order valence-corrected chi connectivity index (χ3v) is 4.21. The van der Waals surface area contributed by atoms with Gasteiger partial charge in [0.2, 0.25) is 0 Å². The van der Waals surface area contributed by atoms with Crippen molar-refractivity contribution in [1.82, 2.24) is 0 Å². The molecular weight excluding hydrogens is 284 g/mol. The van der Waals surface area contributed by atoms with E-state index in [1.54, 1.807) is 6.08 Å². The summed E-state index contributed by atoms with van der Waals surface area (Å²) in [6.45, 7) is 7.16. The first-order chi connectivity index (χ1) is 11.3. The van der Waals surface area contributed by atoms with Gasteiger partial charge in [0.1, 0.15) is 0 Å². The van der Waals surface area contributed by atoms with Gasteiger partial charge in [0.25, 0.3) is 0 Å². The molecule has 0 aromatic carbocycles. The minimum absolute atomic E-state index is 0.588. The number of rotatable bonds is 18. The number of ether oxygens (including phenoxy) is 1. The van der Waals surface area contributed by atoms with Crippen LogP contribution in [0.1, 0.15) is 96.8 Å². The van der Waals surface area contributed by atoms with E-state index in [0.717, 1.165) is 13.0 Å². The van der Waals surface area contributed by atoms with Crippen LogP contribution in [0.25, 0.3) is 0 Å². The Labute approximate surface area is 145 Å². The molecule has 0 aromatic heterocycles. The lowest BCUT2D eigenvalue weighted by molar-refractivity contribution is 0.156. The maximum atomic E-state index is 8.93. The second-order valence-electron chi connectivity index (χ2n) is 6.67. The molecule has 0 heterocycles. The summed E-state index contributed by atoms with van der Waals surface area (Å²) in [7, 11) is 0. The molecule has 23 heavy (non-hydrogen) atoms. The molecular formula is C21H41O2. The van der Waals surface area contributed by atoms with Gasteiger partial charge in [-0.25, -0.2) is 0 Å². The average molecular weight is 326 g/mol. The van der Waals surface area contributed by atoms with E-state index in [0.29, 0.717) is 6.61 Å². The van der Waals surface area contributed by atoms with Crippen molar-refractivity contribution in [2.75, 3.05) is 13.2 Å². The second-order valence-corrected chi connectivity index (χ2v) is 6.67. The molecule has 1 unspecified atom stereocenters. The van der Waals surface area contributed by atoms with Crippen LogP contribution in [0, 0.1) is 6.92 Å². The molecule has 0 aliphatic heterocycles. The smallest absolute Gasteiger partial charge is 0.0722 e. The highest BCUT2D eigenvalue weighted by molar-refractivity contribution is 4.89. The fourth-order valence-corrected chi connectivity index (χ4v) is 2.76. The fourth-order valence-electron chi connectivity index (χ4n) is 2.76. The van der Waals surface area contributed by atoms with Crippen LogP contribution in [0.3, 0.4) is 0 Å². The molecule has 1 radical (unpaired) electrons. The van der Waals surface area contributed by atoms with Crippen LogP contribution in [-0.4, -0.2) is 24.4 Å². The minimum Gasteiger partial charge on any atom is -0.389 e. The maximum Gasteiger partial charge on any atom is 0.0722 e. The van der Waals surface area contributed by atoms with Gasteiger partial charge in [0, 0.05) is 6.61 Å². The molecule has 0 rings (SSSR count). The van der Waals surface area contributed by atoms with Crippen LogP contribution < -0.4 is 0 Å². The van der Waals surface area contributed by atoms with Gasteiger partial charge in [-0.05, 0) is 13.3 Å². The van der Waals surface area contributed by atoms with E-state index >= 15 is 0 Å². The SMILES string of the molecule is [CH2]C(O)C=CCOCCCCCCCCCCCCCCCC. The van der Waals surface area contributed by atoms with Crippen LogP contribution in [0.4, 0.5) is 0 Å². The van der Waals surface area contributed by atoms with Crippen molar-refractivity contribution >= 4 is 0 Å². The third kappa shape index (κ3) is 21.7. The standard InChI is InChI=1S/C21H41O2/c1-3-4-5-6-7-8-9-10-11-12-13-14-15-16-19-23-20-17-18-21(2)22/h17-18,21-22H,2-16,19-20H2,1H3. The van der Waals surface area contributed by atoms with Crippen molar-refractivity contribution in [3.05, 3.63) is 19.1 Å². The van der Waals surface area contributed by atoms with Gasteiger partial charge in [-0.2, -0.15) is 0 Å². The van der Waals surface area contributed by atoms with Gasteiger partial charge < -0.3 is 9.84 Å². The Kier molecular flexibility index (Phi) is 19.4. The Morgan fingerprint density at radius 2 is 1.22 bits per heavy atom. The summed E-state index contributed by atoms with van der Waals surface area (Å²) < 4.78 is 5.47. The molecule has 1 N–H and O–H groups in total. The summed E-state index contributed by atoms with van der Waals surface area (Å²) in [6, 6.07) is 0. The molecule has 0 saturated heterocycles. The van der Waals surface area contributed by atoms with Crippen molar-refractivity contribution < 1.29 is 9.84 Å². The van der Waals surface area contributed by atoms with Crippen molar-refractivity contribution in [3.63, 3.8) is 0 Å². The number of hydrogen-bond acceptors (Lipinski definition) is 2. The fraction of sp³-hybridized carbons (Fsp3) is 0.857. The van der Waals surface area contributed by atoms with E-state index in [1.165, 1.54) is 83.5 Å². The highest BCUT2D eigenvalue weighted by atomic mass is 16.5. The molecule has 0 bridgehead atoms. The van der Waals surface area contributed by atoms with Crippen LogP contribution in [-0.2, 0) is 4.74 Å². The van der Waals surface area contributed by atoms with E-state index < -0.39 is 6.10 Å². The topological polar surface area (TPSA) is 29.5 Å². The number of unbranched alkanes of at least 4 members (excludes halogenated alkanes) is 13. The van der Waals surface area contributed by atoms with Crippen molar-refractivity contribution in [2.24, 2.45) is 0 Å². The molecule has 0 fully saturated rings. The van der Waals surface area contributed by atoms with Crippen LogP contribution in [0.15, 0.2) is 12.2 Å². The van der Waals surface area contributed by atoms with E-state index in [2.05, 4.69) is 13.8 Å². The van der Waals surface area contributed by atoms with Crippen LogP contribution in [0.5, 0.6) is 0 Å². The molecule has 0 aliphatic rings. The van der Waals surface area contributed by atoms with Crippen molar-refractivity contribution in [1.29, 1.82) is 0 Å². The van der Waals surface area contributed by atoms with Gasteiger partial charge in [0.05, 0.1) is 12.7 Å². The Balaban J connectivity index is 3.00. The van der Waals surface area contributed by atoms with E-state index in [4.69, 9.17) is 9.84 Å². The van der Waals surface area contributed by atoms with E-state index in [1.807, 2.05) is 6.08 Å². The molecule has 2 heteroatoms. The highest BCUT2D eigenvalue weighted by Gasteiger charge is 1.94. The number of aliphatic hydroxyl groups excluding tert-OH is 1. The summed E-state index contributed by atoms with van der Waals surface area (Å²) in [5.74, 6) is 0. The van der Waals surface area contributed by atoms with Gasteiger partial charge in [-0.1, -0.05) is 103 Å². The molecule has 2 nitrogen and oxygen atoms in total. The molecule has 0 saturated carbocycles. The van der Waals surface area contributed by atoms with Gasteiger partial charge in [0.15, 0.2) is 0 Å². The third-order valence-electron chi connectivity index (χ3n) is 4.21. The minimum atomic E-state index is -0.611.